The molecule has 1 aliphatic heterocycles. The van der Waals surface area contributed by atoms with Crippen molar-refractivity contribution in [2.45, 2.75) is 12.5 Å². The van der Waals surface area contributed by atoms with Gasteiger partial charge in [0, 0.05) is 28.7 Å². The van der Waals surface area contributed by atoms with Crippen molar-refractivity contribution >= 4 is 10.9 Å². The van der Waals surface area contributed by atoms with Gasteiger partial charge >= 0.3 is 0 Å². The van der Waals surface area contributed by atoms with E-state index in [1.165, 1.54) is 10.9 Å². The van der Waals surface area contributed by atoms with Gasteiger partial charge in [0.05, 0.1) is 13.2 Å². The van der Waals surface area contributed by atoms with Gasteiger partial charge in [-0.3, -0.25) is 0 Å². The number of benzene rings is 2. The molecule has 112 valence electrons. The summed E-state index contributed by atoms with van der Waals surface area (Å²) in [6.07, 6.45) is 0.987. The smallest absolute Gasteiger partial charge is 0.162 e. The number of hydrogen-bond donors (Lipinski definition) is 3. The van der Waals surface area contributed by atoms with E-state index in [-0.39, 0.29) is 11.8 Å². The van der Waals surface area contributed by atoms with Crippen molar-refractivity contribution in [3.05, 3.63) is 59.3 Å². The van der Waals surface area contributed by atoms with Gasteiger partial charge in [0.2, 0.25) is 0 Å². The molecule has 1 atom stereocenters. The number of rotatable bonds is 2. The molecule has 22 heavy (non-hydrogen) atoms. The molecule has 1 aromatic heterocycles. The summed E-state index contributed by atoms with van der Waals surface area (Å²) in [7, 11) is 1.57. The first-order valence-corrected chi connectivity index (χ1v) is 7.48. The molecule has 0 radical (unpaired) electrons. The maximum Gasteiger partial charge on any atom is 0.162 e. The van der Waals surface area contributed by atoms with Crippen LogP contribution in [0, 0.1) is 0 Å². The Morgan fingerprint density at radius 3 is 2.86 bits per heavy atom. The number of aromatic nitrogens is 1. The minimum Gasteiger partial charge on any atom is -0.504 e. The lowest BCUT2D eigenvalue weighted by molar-refractivity contribution is 0.367. The van der Waals surface area contributed by atoms with Crippen molar-refractivity contribution in [1.82, 2.24) is 10.3 Å². The molecule has 4 heteroatoms. The van der Waals surface area contributed by atoms with E-state index in [9.17, 15) is 5.11 Å². The average molecular weight is 294 g/mol. The third kappa shape index (κ3) is 1.88. The van der Waals surface area contributed by atoms with Crippen molar-refractivity contribution in [3.8, 4) is 11.5 Å². The highest BCUT2D eigenvalue weighted by atomic mass is 16.5. The molecule has 2 aromatic carbocycles. The lowest BCUT2D eigenvalue weighted by Gasteiger charge is -2.25. The number of phenols is 1. The summed E-state index contributed by atoms with van der Waals surface area (Å²) in [5.74, 6) is 0.705. The van der Waals surface area contributed by atoms with Gasteiger partial charge in [-0.2, -0.15) is 0 Å². The number of aromatic hydroxyl groups is 1. The van der Waals surface area contributed by atoms with Crippen LogP contribution in [-0.2, 0) is 6.42 Å². The molecule has 0 aliphatic carbocycles. The van der Waals surface area contributed by atoms with Crippen molar-refractivity contribution < 1.29 is 9.84 Å². The molecule has 0 saturated carbocycles. The predicted molar refractivity (Wildman–Crippen MR) is 86.5 cm³/mol. The SMILES string of the molecule is COc1cccc([C@@H]2NCCc3c2[nH]c2ccccc32)c1O. The Kier molecular flexibility index (Phi) is 3.05. The number of hydrogen-bond acceptors (Lipinski definition) is 3. The second-order valence-electron chi connectivity index (χ2n) is 5.60. The molecule has 4 nitrogen and oxygen atoms in total. The third-order valence-electron chi connectivity index (χ3n) is 4.42. The van der Waals surface area contributed by atoms with Crippen LogP contribution in [0.2, 0.25) is 0 Å². The summed E-state index contributed by atoms with van der Waals surface area (Å²) in [4.78, 5) is 3.51. The fraction of sp³-hybridized carbons (Fsp3) is 0.222. The van der Waals surface area contributed by atoms with Crippen molar-refractivity contribution in [3.63, 3.8) is 0 Å². The second kappa shape index (κ2) is 5.07. The van der Waals surface area contributed by atoms with Crippen LogP contribution < -0.4 is 10.1 Å². The third-order valence-corrected chi connectivity index (χ3v) is 4.42. The van der Waals surface area contributed by atoms with Crippen LogP contribution in [-0.4, -0.2) is 23.7 Å². The molecule has 3 N–H and O–H groups in total. The number of aromatic amines is 1. The summed E-state index contributed by atoms with van der Waals surface area (Å²) in [6.45, 7) is 0.885. The van der Waals surface area contributed by atoms with Crippen molar-refractivity contribution in [2.24, 2.45) is 0 Å². The van der Waals surface area contributed by atoms with Gasteiger partial charge in [0.1, 0.15) is 0 Å². The number of ether oxygens (including phenoxy) is 1. The van der Waals surface area contributed by atoms with E-state index in [1.54, 1.807) is 13.2 Å². The molecular formula is C18H18N2O2. The molecule has 0 amide bonds. The molecule has 0 spiro atoms. The Labute approximate surface area is 128 Å². The van der Waals surface area contributed by atoms with Crippen LogP contribution in [0.15, 0.2) is 42.5 Å². The second-order valence-corrected chi connectivity index (χ2v) is 5.60. The highest BCUT2D eigenvalue weighted by Crippen LogP contribution is 2.39. The van der Waals surface area contributed by atoms with Crippen LogP contribution in [0.1, 0.15) is 22.9 Å². The zero-order chi connectivity index (χ0) is 15.1. The van der Waals surface area contributed by atoms with Gasteiger partial charge in [-0.15, -0.1) is 0 Å². The first kappa shape index (κ1) is 13.2. The van der Waals surface area contributed by atoms with Crippen molar-refractivity contribution in [1.29, 1.82) is 0 Å². The topological polar surface area (TPSA) is 57.3 Å². The van der Waals surface area contributed by atoms with E-state index < -0.39 is 0 Å². The fourth-order valence-electron chi connectivity index (χ4n) is 3.38. The average Bonchev–Trinajstić information content (AvgIpc) is 2.94. The summed E-state index contributed by atoms with van der Waals surface area (Å²) in [5.41, 5.74) is 4.45. The molecule has 0 unspecified atom stereocenters. The first-order valence-electron chi connectivity index (χ1n) is 7.48. The molecule has 1 aliphatic rings. The molecule has 3 aromatic rings. The van der Waals surface area contributed by atoms with E-state index in [0.29, 0.717) is 5.75 Å². The number of methoxy groups -OCH3 is 1. The van der Waals surface area contributed by atoms with Gasteiger partial charge in [0.25, 0.3) is 0 Å². The van der Waals surface area contributed by atoms with Gasteiger partial charge in [-0.05, 0) is 24.1 Å². The molecule has 0 bridgehead atoms. The van der Waals surface area contributed by atoms with E-state index in [4.69, 9.17) is 4.74 Å². The molecule has 0 saturated heterocycles. The predicted octanol–water partition coefficient (Wildman–Crippen LogP) is 3.12. The first-order chi connectivity index (χ1) is 10.8. The van der Waals surface area contributed by atoms with Crippen LogP contribution in [0.4, 0.5) is 0 Å². The van der Waals surface area contributed by atoms with Gasteiger partial charge in [0.15, 0.2) is 11.5 Å². The van der Waals surface area contributed by atoms with E-state index in [1.807, 2.05) is 18.2 Å². The maximum atomic E-state index is 10.5. The van der Waals surface area contributed by atoms with Crippen LogP contribution >= 0.6 is 0 Å². The van der Waals surface area contributed by atoms with E-state index in [2.05, 4.69) is 28.5 Å². The molecule has 4 rings (SSSR count). The number of H-pyrrole nitrogens is 1. The van der Waals surface area contributed by atoms with Crippen molar-refractivity contribution in [2.75, 3.05) is 13.7 Å². The quantitative estimate of drug-likeness (QED) is 0.680. The summed E-state index contributed by atoms with van der Waals surface area (Å²) in [5, 5.41) is 15.2. The standard InChI is InChI=1S/C18H18N2O2/c1-22-15-8-4-6-13(18(15)21)16-17-12(9-10-19-16)11-5-2-3-7-14(11)20-17/h2-8,16,19-21H,9-10H2,1H3/t16-/m0/s1. The number of nitrogens with one attached hydrogen (secondary N) is 2. The summed E-state index contributed by atoms with van der Waals surface area (Å²) in [6, 6.07) is 13.9. The minimum atomic E-state index is -0.0498. The Morgan fingerprint density at radius 2 is 2.00 bits per heavy atom. The molecule has 0 fully saturated rings. The molecule has 2 heterocycles. The van der Waals surface area contributed by atoms with Gasteiger partial charge < -0.3 is 20.1 Å². The number of fused-ring (bicyclic) bond motifs is 3. The Morgan fingerprint density at radius 1 is 1.14 bits per heavy atom. The lowest BCUT2D eigenvalue weighted by Crippen LogP contribution is -2.30. The van der Waals surface area contributed by atoms with E-state index in [0.717, 1.165) is 29.7 Å². The summed E-state index contributed by atoms with van der Waals surface area (Å²) >= 11 is 0. The lowest BCUT2D eigenvalue weighted by atomic mass is 9.93. The number of phenolic OH excluding ortho intramolecular Hbond substituents is 1. The summed E-state index contributed by atoms with van der Waals surface area (Å²) < 4.78 is 5.24. The van der Waals surface area contributed by atoms with Crippen LogP contribution in [0.3, 0.4) is 0 Å². The normalized spacial score (nSPS) is 17.4. The minimum absolute atomic E-state index is 0.0498. The van der Waals surface area contributed by atoms with Crippen LogP contribution in [0.25, 0.3) is 10.9 Å². The largest absolute Gasteiger partial charge is 0.504 e. The Hall–Kier alpha value is -2.46. The monoisotopic (exact) mass is 294 g/mol. The zero-order valence-corrected chi connectivity index (χ0v) is 12.4. The Bertz CT molecular complexity index is 838. The molecular weight excluding hydrogens is 276 g/mol. The zero-order valence-electron chi connectivity index (χ0n) is 12.4. The number of para-hydroxylation sites is 2. The highest BCUT2D eigenvalue weighted by molar-refractivity contribution is 5.85. The van der Waals surface area contributed by atoms with Gasteiger partial charge in [-0.25, -0.2) is 0 Å². The maximum absolute atomic E-state index is 10.5. The Balaban J connectivity index is 1.90. The van der Waals surface area contributed by atoms with Gasteiger partial charge in [-0.1, -0.05) is 30.3 Å². The van der Waals surface area contributed by atoms with Crippen LogP contribution in [0.5, 0.6) is 11.5 Å². The highest BCUT2D eigenvalue weighted by Gasteiger charge is 2.27. The van der Waals surface area contributed by atoms with E-state index >= 15 is 0 Å². The fourth-order valence-corrected chi connectivity index (χ4v) is 3.38.